The molecule has 1 amide bonds. The Balaban J connectivity index is 1.93. The van der Waals surface area contributed by atoms with Gasteiger partial charge in [0.2, 0.25) is 5.91 Å². The van der Waals surface area contributed by atoms with Crippen LogP contribution < -0.4 is 11.1 Å². The summed E-state index contributed by atoms with van der Waals surface area (Å²) in [4.78, 5) is 16.5. The molecule has 1 aliphatic rings. The number of nitrogens with zero attached hydrogens (tertiary/aromatic N) is 1. The molecule has 0 saturated carbocycles. The second-order valence-electron chi connectivity index (χ2n) is 9.15. The number of nitrogens with two attached hydrogens (primary N) is 1. The lowest BCUT2D eigenvalue weighted by Crippen LogP contribution is -2.60. The van der Waals surface area contributed by atoms with E-state index < -0.39 is 49.5 Å². The van der Waals surface area contributed by atoms with E-state index >= 15 is 0 Å². The number of aliphatic hydroxyl groups is 5. The summed E-state index contributed by atoms with van der Waals surface area (Å²) in [5.74, 6) is -0.274. The fraction of sp³-hybridized carbons (Fsp3) is 0.615. The zero-order valence-corrected chi connectivity index (χ0v) is 21.2. The minimum absolute atomic E-state index is 0.0773. The van der Waals surface area contributed by atoms with Crippen LogP contribution in [0, 0.1) is 0 Å². The first-order chi connectivity index (χ1) is 17.8. The largest absolute Gasteiger partial charge is 0.404 e. The fourth-order valence-corrected chi connectivity index (χ4v) is 4.08. The Morgan fingerprint density at radius 3 is 2.54 bits per heavy atom. The van der Waals surface area contributed by atoms with E-state index in [-0.39, 0.29) is 25.4 Å². The van der Waals surface area contributed by atoms with Gasteiger partial charge in [-0.05, 0) is 36.6 Å². The number of aliphatic hydroxyl groups excluding tert-OH is 5. The molecule has 5 unspecified atom stereocenters. The molecule has 0 bridgehead atoms. The van der Waals surface area contributed by atoms with Gasteiger partial charge < -0.3 is 46.1 Å². The SMILES string of the molecule is CN=CC(=CN)C[C@@H](O)[C@H](COC1OC(CO)C(O)C(O)C1O)NC(=O)CCCCCc1ccccc1. The Morgan fingerprint density at radius 2 is 1.89 bits per heavy atom. The van der Waals surface area contributed by atoms with E-state index in [4.69, 9.17) is 15.2 Å². The van der Waals surface area contributed by atoms with Gasteiger partial charge >= 0.3 is 0 Å². The van der Waals surface area contributed by atoms with E-state index in [0.29, 0.717) is 12.0 Å². The summed E-state index contributed by atoms with van der Waals surface area (Å²) in [5.41, 5.74) is 7.40. The van der Waals surface area contributed by atoms with Gasteiger partial charge in [0.25, 0.3) is 0 Å². The summed E-state index contributed by atoms with van der Waals surface area (Å²) in [5, 5.41) is 53.1. The topological polar surface area (TPSA) is 187 Å². The summed E-state index contributed by atoms with van der Waals surface area (Å²) >= 11 is 0. The van der Waals surface area contributed by atoms with E-state index in [9.17, 15) is 30.3 Å². The van der Waals surface area contributed by atoms with Crippen LogP contribution in [0.4, 0.5) is 0 Å². The van der Waals surface area contributed by atoms with Gasteiger partial charge in [-0.1, -0.05) is 36.8 Å². The highest BCUT2D eigenvalue weighted by atomic mass is 16.7. The lowest BCUT2D eigenvalue weighted by Gasteiger charge is -2.40. The number of ether oxygens (including phenoxy) is 2. The summed E-state index contributed by atoms with van der Waals surface area (Å²) in [7, 11) is 1.56. The van der Waals surface area contributed by atoms with Gasteiger partial charge in [-0.15, -0.1) is 0 Å². The van der Waals surface area contributed by atoms with Gasteiger partial charge in [-0.3, -0.25) is 9.79 Å². The van der Waals surface area contributed by atoms with E-state index in [1.165, 1.54) is 18.0 Å². The van der Waals surface area contributed by atoms with Gasteiger partial charge in [0.05, 0.1) is 25.4 Å². The lowest BCUT2D eigenvalue weighted by atomic mass is 9.99. The zero-order valence-electron chi connectivity index (χ0n) is 21.2. The molecule has 7 atom stereocenters. The molecule has 1 fully saturated rings. The number of aryl methyl sites for hydroxylation is 1. The maximum absolute atomic E-state index is 12.7. The van der Waals surface area contributed by atoms with Crippen molar-refractivity contribution >= 4 is 12.1 Å². The molecule has 1 heterocycles. The van der Waals surface area contributed by atoms with Crippen LogP contribution in [-0.4, -0.2) is 101 Å². The maximum Gasteiger partial charge on any atom is 0.220 e. The highest BCUT2D eigenvalue weighted by Crippen LogP contribution is 2.22. The molecule has 11 nitrogen and oxygen atoms in total. The van der Waals surface area contributed by atoms with Crippen molar-refractivity contribution < 1.29 is 39.8 Å². The van der Waals surface area contributed by atoms with Crippen LogP contribution >= 0.6 is 0 Å². The van der Waals surface area contributed by atoms with Crippen molar-refractivity contribution in [2.24, 2.45) is 10.7 Å². The standard InChI is InChI=1S/C26H41N3O8/c1-28-14-18(13-27)12-20(31)19(16-36-26-25(35)24(34)23(33)21(15-30)37-26)29-22(32)11-7-3-6-10-17-8-4-2-5-9-17/h2,4-5,8-9,13-14,19-21,23-26,30-31,33-35H,3,6-7,10-12,15-16,27H2,1H3,(H,29,32)/t19-,20+,21?,23?,24?,25?,26?/m0/s1. The molecule has 0 radical (unpaired) electrons. The molecular weight excluding hydrogens is 482 g/mol. The van der Waals surface area contributed by atoms with E-state index in [0.717, 1.165) is 19.3 Å². The van der Waals surface area contributed by atoms with Crippen molar-refractivity contribution in [3.63, 3.8) is 0 Å². The molecular formula is C26H41N3O8. The second-order valence-corrected chi connectivity index (χ2v) is 9.15. The highest BCUT2D eigenvalue weighted by molar-refractivity contribution is 5.78. The number of benzene rings is 1. The number of amides is 1. The zero-order chi connectivity index (χ0) is 27.2. The first-order valence-electron chi connectivity index (χ1n) is 12.6. The Kier molecular flexibility index (Phi) is 13.7. The van der Waals surface area contributed by atoms with Crippen LogP contribution in [0.5, 0.6) is 0 Å². The van der Waals surface area contributed by atoms with Crippen molar-refractivity contribution in [1.29, 1.82) is 0 Å². The number of rotatable bonds is 15. The molecule has 0 aromatic heterocycles. The monoisotopic (exact) mass is 523 g/mol. The number of aliphatic imine (C=N–C) groups is 1. The average Bonchev–Trinajstić information content (AvgIpc) is 2.90. The predicted molar refractivity (Wildman–Crippen MR) is 138 cm³/mol. The Labute approximate surface area is 217 Å². The first-order valence-corrected chi connectivity index (χ1v) is 12.6. The molecule has 11 heteroatoms. The van der Waals surface area contributed by atoms with Gasteiger partial charge in [-0.2, -0.15) is 0 Å². The van der Waals surface area contributed by atoms with Gasteiger partial charge in [0.15, 0.2) is 6.29 Å². The summed E-state index contributed by atoms with van der Waals surface area (Å²) in [6.45, 7) is -0.871. The van der Waals surface area contributed by atoms with Gasteiger partial charge in [0, 0.05) is 26.1 Å². The normalized spacial score (nSPS) is 26.2. The molecule has 208 valence electrons. The Bertz CT molecular complexity index is 851. The van der Waals surface area contributed by atoms with Crippen molar-refractivity contribution in [2.75, 3.05) is 20.3 Å². The highest BCUT2D eigenvalue weighted by Gasteiger charge is 2.44. The third-order valence-electron chi connectivity index (χ3n) is 6.27. The molecule has 0 aliphatic carbocycles. The number of hydrogen-bond acceptors (Lipinski definition) is 10. The average molecular weight is 524 g/mol. The van der Waals surface area contributed by atoms with Crippen LogP contribution in [0.2, 0.25) is 0 Å². The van der Waals surface area contributed by atoms with E-state index in [2.05, 4.69) is 22.4 Å². The summed E-state index contributed by atoms with van der Waals surface area (Å²) in [6.07, 6.45) is -1.79. The van der Waals surface area contributed by atoms with Crippen LogP contribution in [0.3, 0.4) is 0 Å². The summed E-state index contributed by atoms with van der Waals surface area (Å²) in [6, 6.07) is 9.21. The van der Waals surface area contributed by atoms with Crippen molar-refractivity contribution in [3.8, 4) is 0 Å². The first kappa shape index (κ1) is 30.8. The number of nitrogens with one attached hydrogen (secondary N) is 1. The van der Waals surface area contributed by atoms with Crippen molar-refractivity contribution in [1.82, 2.24) is 5.32 Å². The smallest absolute Gasteiger partial charge is 0.220 e. The molecule has 1 aromatic rings. The minimum atomic E-state index is -1.60. The van der Waals surface area contributed by atoms with E-state index in [1.54, 1.807) is 7.05 Å². The minimum Gasteiger partial charge on any atom is -0.404 e. The predicted octanol–water partition coefficient (Wildman–Crippen LogP) is -0.615. The Morgan fingerprint density at radius 1 is 1.16 bits per heavy atom. The van der Waals surface area contributed by atoms with Crippen molar-refractivity contribution in [3.05, 3.63) is 47.7 Å². The molecule has 1 saturated heterocycles. The molecule has 2 rings (SSSR count). The third-order valence-corrected chi connectivity index (χ3v) is 6.27. The third kappa shape index (κ3) is 10.1. The lowest BCUT2D eigenvalue weighted by molar-refractivity contribution is -0.302. The number of hydrogen-bond donors (Lipinski definition) is 7. The molecule has 1 aromatic carbocycles. The van der Waals surface area contributed by atoms with Gasteiger partial charge in [-0.25, -0.2) is 0 Å². The van der Waals surface area contributed by atoms with Crippen LogP contribution in [0.1, 0.15) is 37.7 Å². The Hall–Kier alpha value is -2.38. The quantitative estimate of drug-likeness (QED) is 0.116. The fourth-order valence-electron chi connectivity index (χ4n) is 4.08. The molecule has 8 N–H and O–H groups in total. The number of carbonyl (C=O) groups is 1. The number of unbranched alkanes of at least 4 members (excludes halogenated alkanes) is 2. The number of carbonyl (C=O) groups excluding carboxylic acids is 1. The van der Waals surface area contributed by atoms with Gasteiger partial charge in [0.1, 0.15) is 24.4 Å². The van der Waals surface area contributed by atoms with Crippen LogP contribution in [0.15, 0.2) is 47.1 Å². The summed E-state index contributed by atoms with van der Waals surface area (Å²) < 4.78 is 10.9. The second kappa shape index (κ2) is 16.5. The molecule has 0 spiro atoms. The van der Waals surface area contributed by atoms with Crippen molar-refractivity contribution in [2.45, 2.75) is 81.4 Å². The van der Waals surface area contributed by atoms with Crippen LogP contribution in [0.25, 0.3) is 0 Å². The van der Waals surface area contributed by atoms with E-state index in [1.807, 2.05) is 18.2 Å². The molecule has 1 aliphatic heterocycles. The van der Waals surface area contributed by atoms with Crippen LogP contribution in [-0.2, 0) is 20.7 Å². The molecule has 37 heavy (non-hydrogen) atoms. The maximum atomic E-state index is 12.7.